The molecule has 0 spiro atoms. The standard InChI is InChI=1S/C28H27N7O4/c1-33-15-19(17-8-2-4-10-20(17)33)24-25(27(37)31-26(24)36)23-18-9-3-5-11-21(18)34-12-6-7-16(13-22(23)34)14-30-28(29)32-35(38)39/h2-5,8-11,15-16H,6-7,12-14H2,1H3,(H3,29,30,32)(H,31,36,37). The highest BCUT2D eigenvalue weighted by Gasteiger charge is 2.37. The summed E-state index contributed by atoms with van der Waals surface area (Å²) in [4.78, 5) is 37.5. The van der Waals surface area contributed by atoms with E-state index in [0.717, 1.165) is 52.4 Å². The number of nitrogens with one attached hydrogen (secondary N) is 2. The van der Waals surface area contributed by atoms with Crippen LogP contribution in [-0.2, 0) is 29.6 Å². The number of hydrogen-bond donors (Lipinski definition) is 3. The highest BCUT2D eigenvalue weighted by molar-refractivity contribution is 6.51. The zero-order valence-corrected chi connectivity index (χ0v) is 21.3. The first kappa shape index (κ1) is 24.4. The summed E-state index contributed by atoms with van der Waals surface area (Å²) in [5, 5.41) is 20.2. The minimum atomic E-state index is -0.831. The number of fused-ring (bicyclic) bond motifs is 4. The van der Waals surface area contributed by atoms with E-state index in [0.29, 0.717) is 29.7 Å². The summed E-state index contributed by atoms with van der Waals surface area (Å²) >= 11 is 0. The fourth-order valence-corrected chi connectivity index (χ4v) is 6.05. The minimum Gasteiger partial charge on any atom is -0.365 e. The van der Waals surface area contributed by atoms with Crippen LogP contribution in [0.15, 0.2) is 59.8 Å². The van der Waals surface area contributed by atoms with Crippen molar-refractivity contribution in [2.45, 2.75) is 25.8 Å². The van der Waals surface area contributed by atoms with Gasteiger partial charge in [-0.1, -0.05) is 36.4 Å². The van der Waals surface area contributed by atoms with Gasteiger partial charge in [0.2, 0.25) is 0 Å². The van der Waals surface area contributed by atoms with Crippen molar-refractivity contribution in [3.63, 3.8) is 0 Å². The molecule has 11 nitrogen and oxygen atoms in total. The molecule has 4 aromatic rings. The van der Waals surface area contributed by atoms with E-state index >= 15 is 0 Å². The van der Waals surface area contributed by atoms with E-state index in [4.69, 9.17) is 5.73 Å². The number of aryl methyl sites for hydroxylation is 2. The molecule has 4 heterocycles. The first-order chi connectivity index (χ1) is 18.8. The second-order valence-corrected chi connectivity index (χ2v) is 10.0. The van der Waals surface area contributed by atoms with E-state index in [1.165, 1.54) is 0 Å². The Hall–Kier alpha value is -4.93. The Labute approximate surface area is 223 Å². The van der Waals surface area contributed by atoms with Crippen LogP contribution >= 0.6 is 0 Å². The molecule has 0 bridgehead atoms. The van der Waals surface area contributed by atoms with Crippen LogP contribution < -0.4 is 16.4 Å². The summed E-state index contributed by atoms with van der Waals surface area (Å²) in [6.07, 6.45) is 4.23. The van der Waals surface area contributed by atoms with E-state index in [9.17, 15) is 19.7 Å². The number of carbonyl (C=O) groups excluding carboxylic acids is 2. The predicted octanol–water partition coefficient (Wildman–Crippen LogP) is 2.75. The number of aromatic nitrogens is 2. The number of hydrazone groups is 1. The average Bonchev–Trinajstić information content (AvgIpc) is 3.42. The van der Waals surface area contributed by atoms with E-state index in [2.05, 4.69) is 20.3 Å². The lowest BCUT2D eigenvalue weighted by molar-refractivity contribution is -0.485. The summed E-state index contributed by atoms with van der Waals surface area (Å²) < 4.78 is 4.20. The number of amides is 2. The molecule has 39 heavy (non-hydrogen) atoms. The largest absolute Gasteiger partial charge is 0.365 e. The maximum atomic E-state index is 13.5. The molecule has 11 heteroatoms. The van der Waals surface area contributed by atoms with Crippen molar-refractivity contribution in [2.75, 3.05) is 6.54 Å². The first-order valence-corrected chi connectivity index (χ1v) is 12.8. The van der Waals surface area contributed by atoms with Gasteiger partial charge in [-0.2, -0.15) is 0 Å². The molecule has 2 amide bonds. The molecule has 0 aliphatic carbocycles. The molecule has 2 aromatic heterocycles. The fraction of sp³-hybridized carbons (Fsp3) is 0.250. The van der Waals surface area contributed by atoms with Crippen LogP contribution in [0, 0.1) is 16.0 Å². The second kappa shape index (κ2) is 9.43. The van der Waals surface area contributed by atoms with Crippen molar-refractivity contribution in [1.82, 2.24) is 19.8 Å². The van der Waals surface area contributed by atoms with E-state index in [-0.39, 0.29) is 11.9 Å². The molecule has 1 unspecified atom stereocenters. The summed E-state index contributed by atoms with van der Waals surface area (Å²) in [6, 6.07) is 15.7. The summed E-state index contributed by atoms with van der Waals surface area (Å²) in [7, 11) is 1.92. The van der Waals surface area contributed by atoms with Crippen LogP contribution in [0.2, 0.25) is 0 Å². The van der Waals surface area contributed by atoms with Crippen molar-refractivity contribution in [3.8, 4) is 0 Å². The van der Waals surface area contributed by atoms with Crippen LogP contribution in [0.3, 0.4) is 0 Å². The lowest BCUT2D eigenvalue weighted by atomic mass is 9.90. The third-order valence-electron chi connectivity index (χ3n) is 7.66. The third kappa shape index (κ3) is 4.12. The summed E-state index contributed by atoms with van der Waals surface area (Å²) in [5.74, 6) is -0.988. The molecular formula is C28H27N7O4. The number of carbonyl (C=O) groups is 2. The summed E-state index contributed by atoms with van der Waals surface area (Å²) in [5.41, 5.74) is 10.8. The predicted molar refractivity (Wildman–Crippen MR) is 148 cm³/mol. The van der Waals surface area contributed by atoms with E-state index in [1.807, 2.05) is 66.3 Å². The van der Waals surface area contributed by atoms with Gasteiger partial charge in [-0.15, -0.1) is 0 Å². The number of nitrogens with zero attached hydrogens (tertiary/aromatic N) is 4. The SMILES string of the molecule is Cn1cc(C2=C(c3c4n(c5ccccc35)CCCC(CN/C(N)=N\[N+](=O)[O-])C4)C(=O)NC2=O)c2ccccc21. The average molecular weight is 526 g/mol. The van der Waals surface area contributed by atoms with Gasteiger partial charge >= 0.3 is 0 Å². The maximum Gasteiger partial charge on any atom is 0.266 e. The zero-order valence-electron chi connectivity index (χ0n) is 21.3. The normalized spacial score (nSPS) is 18.0. The van der Waals surface area contributed by atoms with Crippen LogP contribution in [0.4, 0.5) is 0 Å². The molecule has 0 saturated heterocycles. The number of benzene rings is 2. The smallest absolute Gasteiger partial charge is 0.266 e. The lowest BCUT2D eigenvalue weighted by Crippen LogP contribution is -2.36. The molecule has 0 fully saturated rings. The highest BCUT2D eigenvalue weighted by atomic mass is 16.7. The van der Waals surface area contributed by atoms with Crippen LogP contribution in [-0.4, -0.2) is 38.5 Å². The molecule has 0 saturated carbocycles. The number of para-hydroxylation sites is 2. The van der Waals surface area contributed by atoms with Crippen molar-refractivity contribution >= 4 is 50.7 Å². The van der Waals surface area contributed by atoms with Gasteiger partial charge in [-0.25, -0.2) is 10.1 Å². The second-order valence-electron chi connectivity index (χ2n) is 10.0. The zero-order chi connectivity index (χ0) is 27.3. The van der Waals surface area contributed by atoms with Gasteiger partial charge in [-0.3, -0.25) is 14.9 Å². The van der Waals surface area contributed by atoms with Crippen LogP contribution in [0.25, 0.3) is 33.0 Å². The number of nitro groups is 1. The Balaban J connectivity index is 1.54. The van der Waals surface area contributed by atoms with Gasteiger partial charge in [0.25, 0.3) is 17.8 Å². The molecule has 198 valence electrons. The van der Waals surface area contributed by atoms with Gasteiger partial charge < -0.3 is 20.2 Å². The number of imide groups is 1. The minimum absolute atomic E-state index is 0.0802. The molecule has 6 rings (SSSR count). The molecule has 1 atom stereocenters. The van der Waals surface area contributed by atoms with Gasteiger partial charge in [0.05, 0.1) is 11.1 Å². The van der Waals surface area contributed by atoms with Crippen molar-refractivity contribution in [1.29, 1.82) is 0 Å². The highest BCUT2D eigenvalue weighted by Crippen LogP contribution is 2.42. The first-order valence-electron chi connectivity index (χ1n) is 12.8. The Bertz CT molecular complexity index is 1740. The van der Waals surface area contributed by atoms with Crippen molar-refractivity contribution in [2.24, 2.45) is 23.8 Å². The molecule has 2 aliphatic heterocycles. The molecule has 2 aromatic carbocycles. The van der Waals surface area contributed by atoms with Gasteiger partial charge in [0, 0.05) is 65.0 Å². The van der Waals surface area contributed by atoms with E-state index in [1.54, 1.807) is 0 Å². The number of nitrogens with two attached hydrogens (primary N) is 1. The monoisotopic (exact) mass is 525 g/mol. The molecule has 4 N–H and O–H groups in total. The van der Waals surface area contributed by atoms with Gasteiger partial charge in [0.15, 0.2) is 5.03 Å². The van der Waals surface area contributed by atoms with E-state index < -0.39 is 16.8 Å². The van der Waals surface area contributed by atoms with Gasteiger partial charge in [0.1, 0.15) is 5.10 Å². The molecule has 2 aliphatic rings. The summed E-state index contributed by atoms with van der Waals surface area (Å²) in [6.45, 7) is 1.14. The van der Waals surface area contributed by atoms with Crippen LogP contribution in [0.5, 0.6) is 0 Å². The Morgan fingerprint density at radius 1 is 1.10 bits per heavy atom. The molecular weight excluding hydrogens is 498 g/mol. The van der Waals surface area contributed by atoms with Crippen LogP contribution in [0.1, 0.15) is 29.7 Å². The lowest BCUT2D eigenvalue weighted by Gasteiger charge is -2.16. The third-order valence-corrected chi connectivity index (χ3v) is 7.66. The maximum absolute atomic E-state index is 13.5. The Kier molecular flexibility index (Phi) is 5.90. The number of guanidine groups is 1. The topological polar surface area (TPSA) is 150 Å². The van der Waals surface area contributed by atoms with Crippen molar-refractivity contribution in [3.05, 3.63) is 81.7 Å². The van der Waals surface area contributed by atoms with Crippen molar-refractivity contribution < 1.29 is 14.6 Å². The molecule has 0 radical (unpaired) electrons. The quantitative estimate of drug-likeness (QED) is 0.120. The Morgan fingerprint density at radius 2 is 1.79 bits per heavy atom. The number of hydrogen-bond acceptors (Lipinski definition) is 4. The van der Waals surface area contributed by atoms with Gasteiger partial charge in [-0.05, 0) is 37.3 Å². The Morgan fingerprint density at radius 3 is 2.56 bits per heavy atom. The fourth-order valence-electron chi connectivity index (χ4n) is 6.05. The number of rotatable bonds is 5.